The van der Waals surface area contributed by atoms with Gasteiger partial charge >= 0.3 is 0 Å². The van der Waals surface area contributed by atoms with Crippen LogP contribution >= 0.6 is 0 Å². The van der Waals surface area contributed by atoms with Gasteiger partial charge in [0, 0.05) is 6.61 Å². The third-order valence-electron chi connectivity index (χ3n) is 3.39. The Morgan fingerprint density at radius 2 is 1.11 bits per heavy atom. The van der Waals surface area contributed by atoms with Crippen molar-refractivity contribution in [3.8, 4) is 0 Å². The minimum atomic E-state index is 0.928. The van der Waals surface area contributed by atoms with E-state index in [4.69, 9.17) is 4.74 Å². The van der Waals surface area contributed by atoms with E-state index in [1.54, 1.807) is 0 Å². The van der Waals surface area contributed by atoms with Crippen LogP contribution in [-0.4, -0.2) is 6.61 Å². The molecule has 0 atom stereocenters. The summed E-state index contributed by atoms with van der Waals surface area (Å²) in [4.78, 5) is 0. The highest BCUT2D eigenvalue weighted by molar-refractivity contribution is 4.50. The average molecular weight is 255 g/mol. The first kappa shape index (κ1) is 18.0. The van der Waals surface area contributed by atoms with Gasteiger partial charge < -0.3 is 4.74 Å². The monoisotopic (exact) mass is 255 g/mol. The van der Waals surface area contributed by atoms with Gasteiger partial charge in [-0.1, -0.05) is 84.5 Å². The summed E-state index contributed by atoms with van der Waals surface area (Å²) in [5.74, 6) is 0. The molecule has 0 unspecified atom stereocenters. The molecule has 0 saturated carbocycles. The molecule has 0 aromatic carbocycles. The van der Waals surface area contributed by atoms with Crippen molar-refractivity contribution in [1.29, 1.82) is 0 Å². The molecule has 0 aliphatic heterocycles. The van der Waals surface area contributed by atoms with Crippen molar-refractivity contribution >= 4 is 0 Å². The maximum absolute atomic E-state index is 5.43. The Labute approximate surface area is 116 Å². The molecule has 0 spiro atoms. The summed E-state index contributed by atoms with van der Waals surface area (Å²) in [6, 6.07) is 0. The smallest absolute Gasteiger partial charge is 0.0836 e. The Bertz CT molecular complexity index is 118. The van der Waals surface area contributed by atoms with Crippen molar-refractivity contribution in [3.05, 3.63) is 6.61 Å². The second-order valence-corrected chi connectivity index (χ2v) is 5.36. The quantitative estimate of drug-likeness (QED) is 0.313. The summed E-state index contributed by atoms with van der Waals surface area (Å²) in [6.45, 7) is 7.36. The highest BCUT2D eigenvalue weighted by Crippen LogP contribution is 2.11. The molecule has 109 valence electrons. The summed E-state index contributed by atoms with van der Waals surface area (Å²) in [5.41, 5.74) is 0. The van der Waals surface area contributed by atoms with E-state index in [0.717, 1.165) is 13.0 Å². The predicted octanol–water partition coefficient (Wildman–Crippen LogP) is 6.28. The Hall–Kier alpha value is -0.0400. The summed E-state index contributed by atoms with van der Waals surface area (Å²) in [5, 5.41) is 0. The minimum Gasteiger partial charge on any atom is -0.376 e. The van der Waals surface area contributed by atoms with Gasteiger partial charge in [-0.25, -0.2) is 0 Å². The molecule has 0 N–H and O–H groups in total. The first-order valence-corrected chi connectivity index (χ1v) is 8.35. The minimum absolute atomic E-state index is 0.928. The lowest BCUT2D eigenvalue weighted by Gasteiger charge is -2.03. The van der Waals surface area contributed by atoms with E-state index in [2.05, 4.69) is 13.8 Å². The fraction of sp³-hybridized carbons (Fsp3) is 0.941. The fourth-order valence-corrected chi connectivity index (χ4v) is 2.13. The molecule has 1 heteroatoms. The van der Waals surface area contributed by atoms with Gasteiger partial charge in [0.1, 0.15) is 0 Å². The van der Waals surface area contributed by atoms with Crippen LogP contribution in [0.5, 0.6) is 0 Å². The number of ether oxygens (including phenoxy) is 1. The predicted molar refractivity (Wildman–Crippen MR) is 81.6 cm³/mol. The second kappa shape index (κ2) is 17.0. The molecule has 0 aliphatic rings. The molecule has 0 heterocycles. The van der Waals surface area contributed by atoms with Crippen molar-refractivity contribution in [1.82, 2.24) is 0 Å². The Morgan fingerprint density at radius 3 is 1.61 bits per heavy atom. The van der Waals surface area contributed by atoms with Crippen LogP contribution in [0, 0.1) is 6.61 Å². The lowest BCUT2D eigenvalue weighted by atomic mass is 10.1. The molecule has 18 heavy (non-hydrogen) atoms. The van der Waals surface area contributed by atoms with E-state index >= 15 is 0 Å². The topological polar surface area (TPSA) is 9.23 Å². The summed E-state index contributed by atoms with van der Waals surface area (Å²) < 4.78 is 5.43. The van der Waals surface area contributed by atoms with E-state index in [9.17, 15) is 0 Å². The zero-order chi connectivity index (χ0) is 13.3. The van der Waals surface area contributed by atoms with Gasteiger partial charge in [0.15, 0.2) is 0 Å². The molecule has 0 aliphatic carbocycles. The first-order valence-electron chi connectivity index (χ1n) is 8.35. The largest absolute Gasteiger partial charge is 0.376 e. The van der Waals surface area contributed by atoms with E-state index in [1.807, 2.05) is 6.61 Å². The Kier molecular flexibility index (Phi) is 16.9. The van der Waals surface area contributed by atoms with Crippen LogP contribution in [0.1, 0.15) is 97.3 Å². The van der Waals surface area contributed by atoms with Gasteiger partial charge in [0.25, 0.3) is 0 Å². The van der Waals surface area contributed by atoms with Gasteiger partial charge in [-0.2, -0.15) is 0 Å². The summed E-state index contributed by atoms with van der Waals surface area (Å²) in [7, 11) is 0. The summed E-state index contributed by atoms with van der Waals surface area (Å²) in [6.07, 6.45) is 17.7. The number of hydrogen-bond acceptors (Lipinski definition) is 1. The zero-order valence-electron chi connectivity index (χ0n) is 12.9. The molecular weight excluding hydrogens is 220 g/mol. The van der Waals surface area contributed by atoms with E-state index < -0.39 is 0 Å². The SMILES string of the molecule is CCC[CH]OCCCCCCCCCCCCC. The summed E-state index contributed by atoms with van der Waals surface area (Å²) >= 11 is 0. The van der Waals surface area contributed by atoms with Crippen LogP contribution in [0.4, 0.5) is 0 Å². The number of hydrogen-bond donors (Lipinski definition) is 0. The van der Waals surface area contributed by atoms with Crippen molar-refractivity contribution in [2.75, 3.05) is 6.61 Å². The molecule has 0 fully saturated rings. The maximum Gasteiger partial charge on any atom is 0.0836 e. The van der Waals surface area contributed by atoms with Crippen LogP contribution in [0.25, 0.3) is 0 Å². The maximum atomic E-state index is 5.43. The van der Waals surface area contributed by atoms with Gasteiger partial charge in [0.2, 0.25) is 0 Å². The fourth-order valence-electron chi connectivity index (χ4n) is 2.13. The molecule has 0 aromatic rings. The average Bonchev–Trinajstić information content (AvgIpc) is 2.39. The molecule has 0 aromatic heterocycles. The van der Waals surface area contributed by atoms with Crippen LogP contribution in [0.2, 0.25) is 0 Å². The second-order valence-electron chi connectivity index (χ2n) is 5.36. The third kappa shape index (κ3) is 16.0. The van der Waals surface area contributed by atoms with Crippen molar-refractivity contribution < 1.29 is 4.74 Å². The van der Waals surface area contributed by atoms with Crippen LogP contribution < -0.4 is 0 Å². The zero-order valence-corrected chi connectivity index (χ0v) is 12.9. The molecule has 1 radical (unpaired) electrons. The molecule has 0 saturated heterocycles. The van der Waals surface area contributed by atoms with E-state index in [1.165, 1.54) is 77.0 Å². The molecule has 0 bridgehead atoms. The molecule has 0 amide bonds. The number of unbranched alkanes of at least 4 members (excludes halogenated alkanes) is 11. The van der Waals surface area contributed by atoms with Gasteiger partial charge in [0.05, 0.1) is 6.61 Å². The highest BCUT2D eigenvalue weighted by Gasteiger charge is 1.93. The standard InChI is InChI=1S/C17H35O/c1-3-5-7-8-9-10-11-12-13-14-15-17-18-16-6-4-2/h16H,3-15,17H2,1-2H3. The van der Waals surface area contributed by atoms with Crippen LogP contribution in [-0.2, 0) is 4.74 Å². The van der Waals surface area contributed by atoms with Gasteiger partial charge in [-0.05, 0) is 12.8 Å². The number of rotatable bonds is 15. The van der Waals surface area contributed by atoms with Crippen molar-refractivity contribution in [2.45, 2.75) is 97.3 Å². The Balaban J connectivity index is 2.86. The molecular formula is C17H35O. The van der Waals surface area contributed by atoms with Crippen molar-refractivity contribution in [3.63, 3.8) is 0 Å². The molecule has 1 nitrogen and oxygen atoms in total. The lowest BCUT2D eigenvalue weighted by Crippen LogP contribution is -1.91. The van der Waals surface area contributed by atoms with E-state index in [-0.39, 0.29) is 0 Å². The normalized spacial score (nSPS) is 11.0. The van der Waals surface area contributed by atoms with Crippen LogP contribution in [0.3, 0.4) is 0 Å². The third-order valence-corrected chi connectivity index (χ3v) is 3.39. The van der Waals surface area contributed by atoms with Gasteiger partial charge in [-0.15, -0.1) is 0 Å². The lowest BCUT2D eigenvalue weighted by molar-refractivity contribution is 0.185. The first-order chi connectivity index (χ1) is 8.91. The highest BCUT2D eigenvalue weighted by atomic mass is 16.5. The van der Waals surface area contributed by atoms with Crippen LogP contribution in [0.15, 0.2) is 0 Å². The van der Waals surface area contributed by atoms with Gasteiger partial charge in [-0.3, -0.25) is 0 Å². The molecule has 0 rings (SSSR count). The van der Waals surface area contributed by atoms with Crippen molar-refractivity contribution in [2.24, 2.45) is 0 Å². The van der Waals surface area contributed by atoms with E-state index in [0.29, 0.717) is 0 Å². The Morgan fingerprint density at radius 1 is 0.611 bits per heavy atom.